The maximum absolute atomic E-state index is 6.19. The van der Waals surface area contributed by atoms with E-state index in [1.54, 1.807) is 11.2 Å². The molecule has 3 aliphatic rings. The lowest BCUT2D eigenvalue weighted by Crippen LogP contribution is -2.42. The number of hydrogen-bond acceptors (Lipinski definition) is 5. The zero-order valence-electron chi connectivity index (χ0n) is 14.1. The van der Waals surface area contributed by atoms with Crippen molar-refractivity contribution in [2.75, 3.05) is 11.9 Å². The lowest BCUT2D eigenvalue weighted by molar-refractivity contribution is -0.0767. The van der Waals surface area contributed by atoms with Gasteiger partial charge < -0.3 is 10.1 Å². The minimum absolute atomic E-state index is 0.149. The highest BCUT2D eigenvalue weighted by Gasteiger charge is 2.40. The molecular weight excluding hydrogens is 318 g/mol. The summed E-state index contributed by atoms with van der Waals surface area (Å²) in [6.07, 6.45) is 14.1. The van der Waals surface area contributed by atoms with E-state index in [2.05, 4.69) is 15.3 Å². The molecule has 4 nitrogen and oxygen atoms in total. The van der Waals surface area contributed by atoms with Gasteiger partial charge in [-0.05, 0) is 56.9 Å². The fourth-order valence-corrected chi connectivity index (χ4v) is 6.14. The highest BCUT2D eigenvalue weighted by molar-refractivity contribution is 7.19. The second-order valence-corrected chi connectivity index (χ2v) is 8.77. The van der Waals surface area contributed by atoms with Crippen molar-refractivity contribution in [1.82, 2.24) is 9.97 Å². The van der Waals surface area contributed by atoms with E-state index in [1.165, 1.54) is 67.1 Å². The molecule has 2 aromatic rings. The third-order valence-electron chi connectivity index (χ3n) is 6.10. The van der Waals surface area contributed by atoms with E-state index in [1.807, 2.05) is 11.3 Å². The summed E-state index contributed by atoms with van der Waals surface area (Å²) < 4.78 is 6.19. The van der Waals surface area contributed by atoms with Crippen molar-refractivity contribution < 1.29 is 4.74 Å². The number of ether oxygens (including phenoxy) is 1. The molecule has 2 aromatic heterocycles. The average Bonchev–Trinajstić information content (AvgIpc) is 3.20. The standard InChI is InChI=1S/C19H25N3OS/c1-2-6-15-14(5-1)16-17(20-12-21-18(16)24-15)22-13-7-10-23-19(11-13)8-3-4-9-19/h12-13H,1-11H2,(H,20,21,22). The molecule has 1 saturated carbocycles. The van der Waals surface area contributed by atoms with Crippen LogP contribution in [0.1, 0.15) is 61.8 Å². The van der Waals surface area contributed by atoms with Crippen molar-refractivity contribution in [3.63, 3.8) is 0 Å². The van der Waals surface area contributed by atoms with Crippen LogP contribution in [0, 0.1) is 0 Å². The molecule has 5 rings (SSSR count). The van der Waals surface area contributed by atoms with Crippen LogP contribution < -0.4 is 5.32 Å². The van der Waals surface area contributed by atoms with Crippen LogP contribution in [0.25, 0.3) is 10.2 Å². The number of anilines is 1. The maximum Gasteiger partial charge on any atom is 0.138 e. The Morgan fingerprint density at radius 1 is 1.12 bits per heavy atom. The fourth-order valence-electron chi connectivity index (χ4n) is 4.91. The van der Waals surface area contributed by atoms with Crippen LogP contribution in [0.3, 0.4) is 0 Å². The van der Waals surface area contributed by atoms with E-state index in [0.717, 1.165) is 25.3 Å². The van der Waals surface area contributed by atoms with Gasteiger partial charge in [0.25, 0.3) is 0 Å². The van der Waals surface area contributed by atoms with Gasteiger partial charge >= 0.3 is 0 Å². The van der Waals surface area contributed by atoms with Crippen molar-refractivity contribution in [3.8, 4) is 0 Å². The Morgan fingerprint density at radius 3 is 2.92 bits per heavy atom. The van der Waals surface area contributed by atoms with E-state index in [0.29, 0.717) is 6.04 Å². The van der Waals surface area contributed by atoms with Gasteiger partial charge in [-0.15, -0.1) is 11.3 Å². The Kier molecular flexibility index (Phi) is 3.74. The van der Waals surface area contributed by atoms with Gasteiger partial charge in [-0.25, -0.2) is 9.97 Å². The first-order valence-electron chi connectivity index (χ1n) is 9.49. The lowest BCUT2D eigenvalue weighted by atomic mass is 9.89. The summed E-state index contributed by atoms with van der Waals surface area (Å²) in [6.45, 7) is 0.883. The SMILES string of the molecule is c1nc(NC2CCOC3(CCCC3)C2)c2c3c(sc2n1)CCCC3. The highest BCUT2D eigenvalue weighted by atomic mass is 32.1. The van der Waals surface area contributed by atoms with Gasteiger partial charge in [0.2, 0.25) is 0 Å². The topological polar surface area (TPSA) is 47.0 Å². The van der Waals surface area contributed by atoms with Crippen LogP contribution in [0.5, 0.6) is 0 Å². The largest absolute Gasteiger partial charge is 0.375 e. The van der Waals surface area contributed by atoms with Gasteiger partial charge in [0, 0.05) is 17.5 Å². The number of fused-ring (bicyclic) bond motifs is 3. The van der Waals surface area contributed by atoms with Gasteiger partial charge in [0.1, 0.15) is 17.0 Å². The number of aromatic nitrogens is 2. The number of nitrogens with zero attached hydrogens (tertiary/aromatic N) is 2. The van der Waals surface area contributed by atoms with Gasteiger partial charge in [0.15, 0.2) is 0 Å². The number of aryl methyl sites for hydroxylation is 2. The number of nitrogens with one attached hydrogen (secondary N) is 1. The van der Waals surface area contributed by atoms with Crippen molar-refractivity contribution in [1.29, 1.82) is 0 Å². The minimum Gasteiger partial charge on any atom is -0.375 e. The average molecular weight is 343 g/mol. The summed E-state index contributed by atoms with van der Waals surface area (Å²) in [4.78, 5) is 11.9. The molecule has 1 unspecified atom stereocenters. The van der Waals surface area contributed by atoms with Crippen molar-refractivity contribution in [3.05, 3.63) is 16.8 Å². The van der Waals surface area contributed by atoms with E-state index < -0.39 is 0 Å². The first-order valence-corrected chi connectivity index (χ1v) is 10.3. The van der Waals surface area contributed by atoms with E-state index in [-0.39, 0.29) is 5.60 Å². The van der Waals surface area contributed by atoms with Crippen molar-refractivity contribution >= 4 is 27.4 Å². The molecule has 128 valence electrons. The second-order valence-electron chi connectivity index (χ2n) is 7.69. The molecule has 0 aromatic carbocycles. The molecule has 1 aliphatic heterocycles. The van der Waals surface area contributed by atoms with Gasteiger partial charge in [-0.3, -0.25) is 0 Å². The maximum atomic E-state index is 6.19. The second kappa shape index (κ2) is 5.95. The molecule has 2 fully saturated rings. The van der Waals surface area contributed by atoms with E-state index in [9.17, 15) is 0 Å². The van der Waals surface area contributed by atoms with Crippen molar-refractivity contribution in [2.24, 2.45) is 0 Å². The van der Waals surface area contributed by atoms with Gasteiger partial charge in [0.05, 0.1) is 11.0 Å². The van der Waals surface area contributed by atoms with Gasteiger partial charge in [-0.2, -0.15) is 0 Å². The number of hydrogen-bond donors (Lipinski definition) is 1. The Balaban J connectivity index is 1.45. The molecular formula is C19H25N3OS. The summed E-state index contributed by atoms with van der Waals surface area (Å²) in [5.74, 6) is 1.07. The molecule has 2 aliphatic carbocycles. The van der Waals surface area contributed by atoms with E-state index >= 15 is 0 Å². The smallest absolute Gasteiger partial charge is 0.138 e. The van der Waals surface area contributed by atoms with Crippen molar-refractivity contribution in [2.45, 2.75) is 75.9 Å². The summed E-state index contributed by atoms with van der Waals surface area (Å²) in [7, 11) is 0. The Labute approximate surface area is 147 Å². The van der Waals surface area contributed by atoms with Crippen LogP contribution in [-0.2, 0) is 17.6 Å². The van der Waals surface area contributed by atoms with Crippen LogP contribution in [0.15, 0.2) is 6.33 Å². The fraction of sp³-hybridized carbons (Fsp3) is 0.684. The molecule has 1 spiro atoms. The molecule has 1 atom stereocenters. The third-order valence-corrected chi connectivity index (χ3v) is 7.30. The van der Waals surface area contributed by atoms with Gasteiger partial charge in [-0.1, -0.05) is 12.8 Å². The lowest BCUT2D eigenvalue weighted by Gasteiger charge is -2.38. The van der Waals surface area contributed by atoms with Crippen LogP contribution >= 0.6 is 11.3 Å². The molecule has 5 heteroatoms. The molecule has 1 N–H and O–H groups in total. The number of thiophene rings is 1. The zero-order chi connectivity index (χ0) is 16.0. The third kappa shape index (κ3) is 2.53. The minimum atomic E-state index is 0.149. The summed E-state index contributed by atoms with van der Waals surface area (Å²) in [5.41, 5.74) is 1.67. The quantitative estimate of drug-likeness (QED) is 0.874. The molecule has 0 radical (unpaired) electrons. The summed E-state index contributed by atoms with van der Waals surface area (Å²) in [5, 5.41) is 5.10. The monoisotopic (exact) mass is 343 g/mol. The molecule has 0 bridgehead atoms. The normalized spacial score (nSPS) is 25.9. The predicted molar refractivity (Wildman–Crippen MR) is 97.9 cm³/mol. The first kappa shape index (κ1) is 15.1. The molecule has 0 amide bonds. The molecule has 3 heterocycles. The van der Waals surface area contributed by atoms with Crippen LogP contribution in [-0.4, -0.2) is 28.2 Å². The highest BCUT2D eigenvalue weighted by Crippen LogP contribution is 2.42. The number of rotatable bonds is 2. The first-order chi connectivity index (χ1) is 11.8. The Bertz CT molecular complexity index is 750. The Morgan fingerprint density at radius 2 is 2.00 bits per heavy atom. The molecule has 24 heavy (non-hydrogen) atoms. The summed E-state index contributed by atoms with van der Waals surface area (Å²) >= 11 is 1.88. The summed E-state index contributed by atoms with van der Waals surface area (Å²) in [6, 6.07) is 0.481. The zero-order valence-corrected chi connectivity index (χ0v) is 15.0. The molecule has 1 saturated heterocycles. The Hall–Kier alpha value is -1.20. The van der Waals surface area contributed by atoms with E-state index in [4.69, 9.17) is 4.74 Å². The predicted octanol–water partition coefficient (Wildman–Crippen LogP) is 4.47. The van der Waals surface area contributed by atoms with Crippen LogP contribution in [0.4, 0.5) is 5.82 Å². The van der Waals surface area contributed by atoms with Crippen LogP contribution in [0.2, 0.25) is 0 Å².